The molecule has 2 rings (SSSR count). The van der Waals surface area contributed by atoms with Gasteiger partial charge in [-0.15, -0.1) is 0 Å². The molecule has 1 heterocycles. The number of nitrogens with zero attached hydrogens (tertiary/aromatic N) is 1. The highest BCUT2D eigenvalue weighted by molar-refractivity contribution is 7.99. The quantitative estimate of drug-likeness (QED) is 0.848. The number of hydrogen-bond acceptors (Lipinski definition) is 3. The Kier molecular flexibility index (Phi) is 4.67. The zero-order valence-electron chi connectivity index (χ0n) is 12.9. The van der Waals surface area contributed by atoms with Gasteiger partial charge in [0.25, 0.3) is 0 Å². The van der Waals surface area contributed by atoms with Crippen molar-refractivity contribution in [1.29, 1.82) is 0 Å². The largest absolute Gasteiger partial charge is 0.344 e. The fourth-order valence-corrected chi connectivity index (χ4v) is 4.25. The zero-order chi connectivity index (χ0) is 14.9. The minimum Gasteiger partial charge on any atom is -0.344 e. The van der Waals surface area contributed by atoms with Crippen LogP contribution in [0.4, 0.5) is 0 Å². The van der Waals surface area contributed by atoms with Gasteiger partial charge in [0, 0.05) is 24.3 Å². The van der Waals surface area contributed by atoms with Crippen LogP contribution in [0.3, 0.4) is 0 Å². The van der Waals surface area contributed by atoms with E-state index in [0.29, 0.717) is 24.3 Å². The highest BCUT2D eigenvalue weighted by Crippen LogP contribution is 2.34. The Balaban J connectivity index is 2.23. The van der Waals surface area contributed by atoms with E-state index >= 15 is 0 Å². The van der Waals surface area contributed by atoms with E-state index in [1.165, 1.54) is 12.8 Å². The van der Waals surface area contributed by atoms with Crippen molar-refractivity contribution in [2.75, 3.05) is 12.8 Å². The van der Waals surface area contributed by atoms with Crippen LogP contribution >= 0.6 is 11.8 Å². The molecule has 1 aliphatic heterocycles. The van der Waals surface area contributed by atoms with Crippen molar-refractivity contribution in [2.24, 2.45) is 5.41 Å². The average Bonchev–Trinajstić information content (AvgIpc) is 2.77. The summed E-state index contributed by atoms with van der Waals surface area (Å²) >= 11 is 1.85. The van der Waals surface area contributed by atoms with Crippen LogP contribution in [-0.2, 0) is 9.59 Å². The summed E-state index contributed by atoms with van der Waals surface area (Å²) in [6, 6.07) is -0.101. The van der Waals surface area contributed by atoms with Crippen LogP contribution in [0.1, 0.15) is 46.5 Å². The van der Waals surface area contributed by atoms with Gasteiger partial charge in [-0.05, 0) is 24.5 Å². The molecule has 0 bridgehead atoms. The molecule has 0 spiro atoms. The van der Waals surface area contributed by atoms with Crippen molar-refractivity contribution in [1.82, 2.24) is 10.2 Å². The molecule has 114 valence electrons. The number of carbonyl (C=O) groups is 2. The first-order valence-corrected chi connectivity index (χ1v) is 8.76. The van der Waals surface area contributed by atoms with E-state index in [1.807, 2.05) is 37.4 Å². The van der Waals surface area contributed by atoms with Crippen LogP contribution in [-0.4, -0.2) is 46.8 Å². The topological polar surface area (TPSA) is 49.4 Å². The second-order valence-corrected chi connectivity index (χ2v) is 8.00. The van der Waals surface area contributed by atoms with Crippen molar-refractivity contribution < 1.29 is 9.59 Å². The normalized spacial score (nSPS) is 32.2. The lowest BCUT2D eigenvalue weighted by Crippen LogP contribution is -2.54. The molecule has 1 saturated carbocycles. The third kappa shape index (κ3) is 3.13. The second kappa shape index (κ2) is 5.96. The summed E-state index contributed by atoms with van der Waals surface area (Å²) in [6.45, 7) is 6.61. The van der Waals surface area contributed by atoms with Gasteiger partial charge in [0.15, 0.2) is 0 Å². The average molecular weight is 298 g/mol. The Labute approximate surface area is 126 Å². The molecule has 2 fully saturated rings. The summed E-state index contributed by atoms with van der Waals surface area (Å²) in [5.74, 6) is 0.105. The van der Waals surface area contributed by atoms with E-state index in [2.05, 4.69) is 11.6 Å². The van der Waals surface area contributed by atoms with Crippen LogP contribution in [0.25, 0.3) is 0 Å². The SMILES string of the molecule is CSC1CCCC1N1CCC(=O)NC(C(C)(C)C)C1=O. The van der Waals surface area contributed by atoms with Gasteiger partial charge >= 0.3 is 0 Å². The number of rotatable bonds is 2. The Hall–Kier alpha value is -0.710. The summed E-state index contributed by atoms with van der Waals surface area (Å²) < 4.78 is 0. The highest BCUT2D eigenvalue weighted by atomic mass is 32.2. The summed E-state index contributed by atoms with van der Waals surface area (Å²) in [5, 5.41) is 3.44. The molecule has 1 N–H and O–H groups in total. The van der Waals surface area contributed by atoms with Crippen molar-refractivity contribution in [2.45, 2.75) is 63.8 Å². The molecule has 0 aromatic rings. The Morgan fingerprint density at radius 1 is 1.25 bits per heavy atom. The fourth-order valence-electron chi connectivity index (χ4n) is 3.25. The van der Waals surface area contributed by atoms with E-state index < -0.39 is 6.04 Å². The van der Waals surface area contributed by atoms with E-state index in [0.717, 1.165) is 6.42 Å². The van der Waals surface area contributed by atoms with Gasteiger partial charge in [-0.25, -0.2) is 0 Å². The summed E-state index contributed by atoms with van der Waals surface area (Å²) in [7, 11) is 0. The van der Waals surface area contributed by atoms with Crippen LogP contribution in [0.5, 0.6) is 0 Å². The summed E-state index contributed by atoms with van der Waals surface area (Å²) in [5.41, 5.74) is -0.247. The number of nitrogens with one attached hydrogen (secondary N) is 1. The predicted molar refractivity (Wildman–Crippen MR) is 82.7 cm³/mol. The van der Waals surface area contributed by atoms with Gasteiger partial charge < -0.3 is 10.2 Å². The van der Waals surface area contributed by atoms with Gasteiger partial charge in [-0.1, -0.05) is 27.2 Å². The van der Waals surface area contributed by atoms with Crippen molar-refractivity contribution >= 4 is 23.6 Å². The standard InChI is InChI=1S/C15H26N2O2S/c1-15(2,3)13-14(19)17(9-8-12(18)16-13)10-6-5-7-11(10)20-4/h10-11,13H,5-9H2,1-4H3,(H,16,18). The van der Waals surface area contributed by atoms with E-state index in [4.69, 9.17) is 0 Å². The maximum atomic E-state index is 12.9. The number of hydrogen-bond donors (Lipinski definition) is 1. The van der Waals surface area contributed by atoms with Crippen LogP contribution in [0, 0.1) is 5.41 Å². The number of carbonyl (C=O) groups excluding carboxylic acids is 2. The number of thioether (sulfide) groups is 1. The molecule has 5 heteroatoms. The molecule has 0 aromatic heterocycles. The molecule has 3 atom stereocenters. The van der Waals surface area contributed by atoms with Gasteiger partial charge in [0.1, 0.15) is 6.04 Å². The first-order chi connectivity index (χ1) is 9.34. The fraction of sp³-hybridized carbons (Fsp3) is 0.867. The van der Waals surface area contributed by atoms with Crippen LogP contribution in [0.15, 0.2) is 0 Å². The smallest absolute Gasteiger partial charge is 0.245 e. The monoisotopic (exact) mass is 298 g/mol. The molecular formula is C15H26N2O2S. The van der Waals surface area contributed by atoms with Gasteiger partial charge in [-0.3, -0.25) is 9.59 Å². The third-order valence-corrected chi connectivity index (χ3v) is 5.56. The van der Waals surface area contributed by atoms with Crippen molar-refractivity contribution in [3.8, 4) is 0 Å². The molecule has 2 amide bonds. The lowest BCUT2D eigenvalue weighted by Gasteiger charge is -2.36. The van der Waals surface area contributed by atoms with E-state index in [9.17, 15) is 9.59 Å². The van der Waals surface area contributed by atoms with Gasteiger partial charge in [0.05, 0.1) is 0 Å². The Morgan fingerprint density at radius 2 is 1.95 bits per heavy atom. The molecule has 1 saturated heterocycles. The lowest BCUT2D eigenvalue weighted by atomic mass is 9.85. The zero-order valence-corrected chi connectivity index (χ0v) is 13.8. The van der Waals surface area contributed by atoms with E-state index in [-0.39, 0.29) is 17.2 Å². The summed E-state index contributed by atoms with van der Waals surface area (Å²) in [4.78, 5) is 26.8. The third-order valence-electron chi connectivity index (χ3n) is 4.40. The minimum atomic E-state index is -0.402. The molecular weight excluding hydrogens is 272 g/mol. The molecule has 2 aliphatic rings. The molecule has 0 radical (unpaired) electrons. The second-order valence-electron chi connectivity index (χ2n) is 6.92. The minimum absolute atomic E-state index is 0.000488. The van der Waals surface area contributed by atoms with Gasteiger partial charge in [0.2, 0.25) is 11.8 Å². The van der Waals surface area contributed by atoms with E-state index in [1.54, 1.807) is 0 Å². The Morgan fingerprint density at radius 3 is 2.55 bits per heavy atom. The van der Waals surface area contributed by atoms with Crippen molar-refractivity contribution in [3.05, 3.63) is 0 Å². The lowest BCUT2D eigenvalue weighted by molar-refractivity contribution is -0.138. The maximum absolute atomic E-state index is 12.9. The highest BCUT2D eigenvalue weighted by Gasteiger charge is 2.42. The molecule has 0 aromatic carbocycles. The van der Waals surface area contributed by atoms with Crippen molar-refractivity contribution in [3.63, 3.8) is 0 Å². The molecule has 1 aliphatic carbocycles. The summed E-state index contributed by atoms with van der Waals surface area (Å²) in [6.07, 6.45) is 5.98. The Bertz CT molecular complexity index is 392. The molecule has 3 unspecified atom stereocenters. The van der Waals surface area contributed by atoms with Gasteiger partial charge in [-0.2, -0.15) is 11.8 Å². The maximum Gasteiger partial charge on any atom is 0.245 e. The van der Waals surface area contributed by atoms with Crippen LogP contribution < -0.4 is 5.32 Å². The predicted octanol–water partition coefficient (Wildman–Crippen LogP) is 2.03. The number of amides is 2. The first kappa shape index (κ1) is 15.7. The molecule has 4 nitrogen and oxygen atoms in total. The first-order valence-electron chi connectivity index (χ1n) is 7.47. The van der Waals surface area contributed by atoms with Crippen LogP contribution in [0.2, 0.25) is 0 Å². The molecule has 20 heavy (non-hydrogen) atoms.